The summed E-state index contributed by atoms with van der Waals surface area (Å²) in [4.78, 5) is 19.9. The summed E-state index contributed by atoms with van der Waals surface area (Å²) in [6.07, 6.45) is 0. The van der Waals surface area contributed by atoms with Crippen molar-refractivity contribution in [3.63, 3.8) is 0 Å². The second-order valence-electron chi connectivity index (χ2n) is 1.83. The zero-order valence-corrected chi connectivity index (χ0v) is 8.97. The predicted molar refractivity (Wildman–Crippen MR) is 54.8 cm³/mol. The van der Waals surface area contributed by atoms with Crippen LogP contribution in [-0.2, 0) is 9.59 Å². The number of thioether (sulfide) groups is 1. The summed E-state index contributed by atoms with van der Waals surface area (Å²) in [7, 11) is 0. The molecular formula is C5H18N2O7S. The van der Waals surface area contributed by atoms with E-state index in [0.29, 0.717) is 0 Å². The van der Waals surface area contributed by atoms with Crippen LogP contribution in [0.5, 0.6) is 0 Å². The van der Waals surface area contributed by atoms with E-state index >= 15 is 0 Å². The molecule has 0 aliphatic rings. The fourth-order valence-electron chi connectivity index (χ4n) is 0.341. The smallest absolute Gasteiger partial charge is 0.313 e. The van der Waals surface area contributed by atoms with E-state index in [1.807, 2.05) is 0 Å². The molecule has 96 valence electrons. The molecule has 0 fully saturated rings. The van der Waals surface area contributed by atoms with Crippen LogP contribution in [0, 0.1) is 0 Å². The molecule has 0 bridgehead atoms. The lowest BCUT2D eigenvalue weighted by Crippen LogP contribution is -2.43. The van der Waals surface area contributed by atoms with E-state index in [4.69, 9.17) is 10.8 Å². The summed E-state index contributed by atoms with van der Waals surface area (Å²) >= 11 is 0.952. The van der Waals surface area contributed by atoms with Gasteiger partial charge in [0, 0.05) is 5.75 Å². The second kappa shape index (κ2) is 15.6. The Morgan fingerprint density at radius 2 is 1.73 bits per heavy atom. The van der Waals surface area contributed by atoms with Gasteiger partial charge in [0.1, 0.15) is 0 Å². The molecule has 0 spiro atoms. The van der Waals surface area contributed by atoms with Gasteiger partial charge in [-0.2, -0.15) is 0 Å². The van der Waals surface area contributed by atoms with Crippen molar-refractivity contribution in [3.05, 3.63) is 0 Å². The van der Waals surface area contributed by atoms with Crippen molar-refractivity contribution < 1.29 is 36.2 Å². The lowest BCUT2D eigenvalue weighted by atomic mass is 10.4. The molecule has 0 unspecified atom stereocenters. The van der Waals surface area contributed by atoms with Crippen LogP contribution in [-0.4, -0.2) is 51.0 Å². The fraction of sp³-hybridized carbons (Fsp3) is 0.600. The lowest BCUT2D eigenvalue weighted by molar-refractivity contribution is -0.306. The first-order valence-corrected chi connectivity index (χ1v) is 3.95. The first kappa shape index (κ1) is 29.2. The molecule has 1 atom stereocenters. The molecule has 0 aromatic heterocycles. The Morgan fingerprint density at radius 3 is 2.00 bits per heavy atom. The Bertz CT molecular complexity index is 167. The van der Waals surface area contributed by atoms with Crippen LogP contribution in [0.1, 0.15) is 0 Å². The van der Waals surface area contributed by atoms with Crippen molar-refractivity contribution in [3.8, 4) is 0 Å². The molecule has 0 aliphatic carbocycles. The van der Waals surface area contributed by atoms with Gasteiger partial charge in [-0.15, -0.1) is 11.8 Å². The van der Waals surface area contributed by atoms with E-state index in [2.05, 4.69) is 0 Å². The standard InChI is InChI=1S/C5H9NO4S.H3N.3H2O/c6-3(5(9)10)1-11-2-4(7)8;;;;/h3H,1-2,6H2,(H,7,8)(H,9,10);1H3;3*1H2/t3-;;;;/m0..../s1. The Kier molecular flexibility index (Phi) is 30.3. The van der Waals surface area contributed by atoms with Gasteiger partial charge in [0.25, 0.3) is 0 Å². The third-order valence-electron chi connectivity index (χ3n) is 0.826. The summed E-state index contributed by atoms with van der Waals surface area (Å²) in [5, 5.41) is 18.1. The maximum absolute atomic E-state index is 9.98. The molecule has 9 nitrogen and oxygen atoms in total. The molecule has 0 saturated heterocycles. The summed E-state index contributed by atoms with van der Waals surface area (Å²) in [6.45, 7) is 0. The quantitative estimate of drug-likeness (QED) is 0.436. The fourth-order valence-corrected chi connectivity index (χ4v) is 1.02. The molecule has 0 aromatic carbocycles. The largest absolute Gasteiger partial charge is 0.548 e. The van der Waals surface area contributed by atoms with Crippen LogP contribution in [0.4, 0.5) is 0 Å². The Morgan fingerprint density at radius 1 is 1.33 bits per heavy atom. The highest BCUT2D eigenvalue weighted by Gasteiger charge is 2.04. The highest BCUT2D eigenvalue weighted by Crippen LogP contribution is 2.00. The maximum atomic E-state index is 9.98. The van der Waals surface area contributed by atoms with Crippen molar-refractivity contribution in [2.45, 2.75) is 6.04 Å². The van der Waals surface area contributed by atoms with Crippen molar-refractivity contribution in [1.29, 1.82) is 0 Å². The number of rotatable bonds is 5. The van der Waals surface area contributed by atoms with Gasteiger partial charge in [-0.05, 0) is 0 Å². The normalized spacial score (nSPS) is 9.13. The van der Waals surface area contributed by atoms with Crippen LogP contribution in [0.25, 0.3) is 0 Å². The molecule has 0 rings (SSSR count). The SMILES string of the molecule is N[C@@H](CSCC(=O)O)C(=O)[O-].O.O.O.[NH4+]. The Balaban J connectivity index is -0.0000000833. The van der Waals surface area contributed by atoms with Gasteiger partial charge in [0.15, 0.2) is 0 Å². The summed E-state index contributed by atoms with van der Waals surface area (Å²) in [5.41, 5.74) is 5.03. The minimum atomic E-state index is -1.36. The van der Waals surface area contributed by atoms with Gasteiger partial charge in [-0.1, -0.05) is 0 Å². The molecular weight excluding hydrogens is 232 g/mol. The lowest BCUT2D eigenvalue weighted by Gasteiger charge is -2.10. The molecule has 0 aliphatic heterocycles. The predicted octanol–water partition coefficient (Wildman–Crippen LogP) is -4.22. The third-order valence-corrected chi connectivity index (χ3v) is 1.87. The van der Waals surface area contributed by atoms with Gasteiger partial charge < -0.3 is 43.3 Å². The van der Waals surface area contributed by atoms with Gasteiger partial charge >= 0.3 is 5.97 Å². The number of quaternary nitrogens is 1. The molecule has 0 amide bonds. The number of hydrogen-bond donors (Lipinski definition) is 3. The van der Waals surface area contributed by atoms with Crippen LogP contribution >= 0.6 is 11.8 Å². The van der Waals surface area contributed by atoms with Crippen LogP contribution in [0.3, 0.4) is 0 Å². The van der Waals surface area contributed by atoms with Crippen molar-refractivity contribution in [1.82, 2.24) is 6.15 Å². The Labute approximate surface area is 90.2 Å². The van der Waals surface area contributed by atoms with E-state index in [1.54, 1.807) is 0 Å². The number of carboxylic acid groups (broad SMARTS) is 2. The number of nitrogens with two attached hydrogens (primary N) is 1. The number of carbonyl (C=O) groups is 2. The van der Waals surface area contributed by atoms with E-state index < -0.39 is 18.0 Å². The average molecular weight is 250 g/mol. The molecule has 0 heterocycles. The molecule has 0 radical (unpaired) electrons. The van der Waals surface area contributed by atoms with E-state index in [1.165, 1.54) is 0 Å². The van der Waals surface area contributed by atoms with E-state index in [0.717, 1.165) is 11.8 Å². The first-order chi connectivity index (χ1) is 5.04. The van der Waals surface area contributed by atoms with Crippen LogP contribution in [0.15, 0.2) is 0 Å². The zero-order chi connectivity index (χ0) is 8.85. The van der Waals surface area contributed by atoms with Crippen LogP contribution < -0.4 is 17.0 Å². The van der Waals surface area contributed by atoms with Crippen molar-refractivity contribution >= 4 is 23.7 Å². The van der Waals surface area contributed by atoms with Gasteiger partial charge in [0.2, 0.25) is 0 Å². The van der Waals surface area contributed by atoms with E-state index in [-0.39, 0.29) is 34.1 Å². The topological polar surface area (TPSA) is 234 Å². The summed E-state index contributed by atoms with van der Waals surface area (Å²) in [6, 6.07) is -1.08. The second-order valence-corrected chi connectivity index (χ2v) is 2.86. The minimum Gasteiger partial charge on any atom is -0.548 e. The molecule has 0 saturated carbocycles. The summed E-state index contributed by atoms with van der Waals surface area (Å²) in [5.74, 6) is -2.42. The van der Waals surface area contributed by atoms with Crippen molar-refractivity contribution in [2.24, 2.45) is 5.73 Å². The number of hydrogen-bond acceptors (Lipinski definition) is 5. The van der Waals surface area contributed by atoms with Crippen LogP contribution in [0.2, 0.25) is 0 Å². The minimum absolute atomic E-state index is 0. The Hall–Kier alpha value is -0.910. The van der Waals surface area contributed by atoms with Gasteiger partial charge in [-0.3, -0.25) is 4.79 Å². The van der Waals surface area contributed by atoms with E-state index in [9.17, 15) is 14.7 Å². The average Bonchev–Trinajstić information content (AvgIpc) is 1.86. The van der Waals surface area contributed by atoms with Crippen molar-refractivity contribution in [2.75, 3.05) is 11.5 Å². The molecule has 15 heavy (non-hydrogen) atoms. The monoisotopic (exact) mass is 250 g/mol. The molecule has 13 N–H and O–H groups in total. The molecule has 0 aromatic rings. The zero-order valence-electron chi connectivity index (χ0n) is 8.15. The first-order valence-electron chi connectivity index (χ1n) is 2.80. The van der Waals surface area contributed by atoms with Gasteiger partial charge in [-0.25, -0.2) is 0 Å². The highest BCUT2D eigenvalue weighted by atomic mass is 32.2. The van der Waals surface area contributed by atoms with Gasteiger partial charge in [0.05, 0.1) is 17.8 Å². The molecule has 10 heteroatoms. The maximum Gasteiger partial charge on any atom is 0.313 e. The number of carbonyl (C=O) groups excluding carboxylic acids is 1. The number of carboxylic acids is 2. The third kappa shape index (κ3) is 19.5. The summed E-state index contributed by atoms with van der Waals surface area (Å²) < 4.78 is 0. The number of aliphatic carboxylic acids is 2. The highest BCUT2D eigenvalue weighted by molar-refractivity contribution is 8.00.